The fourth-order valence-corrected chi connectivity index (χ4v) is 1.56. The molecule has 1 rings (SSSR count). The average molecular weight is 266 g/mol. The number of carbonyl (C=O) groups is 2. The van der Waals surface area contributed by atoms with Crippen molar-refractivity contribution in [2.24, 2.45) is 5.92 Å². The van der Waals surface area contributed by atoms with Gasteiger partial charge in [0, 0.05) is 32.6 Å². The number of ether oxygens (including phenoxy) is 1. The molecular formula is C13H18N2O4. The summed E-state index contributed by atoms with van der Waals surface area (Å²) in [4.78, 5) is 28.4. The number of carbonyl (C=O) groups excluding carboxylic acids is 1. The zero-order chi connectivity index (χ0) is 14.3. The maximum Gasteiger partial charge on any atom is 0.315 e. The molecule has 1 aromatic rings. The van der Waals surface area contributed by atoms with Crippen molar-refractivity contribution in [1.29, 1.82) is 0 Å². The van der Waals surface area contributed by atoms with Gasteiger partial charge in [-0.1, -0.05) is 6.07 Å². The third-order valence-electron chi connectivity index (χ3n) is 2.71. The van der Waals surface area contributed by atoms with Gasteiger partial charge in [-0.05, 0) is 18.6 Å². The third-order valence-corrected chi connectivity index (χ3v) is 2.71. The summed E-state index contributed by atoms with van der Waals surface area (Å²) in [7, 11) is 1.54. The van der Waals surface area contributed by atoms with Crippen molar-refractivity contribution >= 4 is 11.9 Å². The highest BCUT2D eigenvalue weighted by Gasteiger charge is 2.26. The molecule has 6 heteroatoms. The summed E-state index contributed by atoms with van der Waals surface area (Å²) in [6, 6.07) is 3.61. The monoisotopic (exact) mass is 266 g/mol. The Morgan fingerprint density at radius 3 is 2.79 bits per heavy atom. The van der Waals surface area contributed by atoms with Gasteiger partial charge in [0.05, 0.1) is 6.61 Å². The van der Waals surface area contributed by atoms with Crippen LogP contribution in [0.5, 0.6) is 0 Å². The second kappa shape index (κ2) is 7.48. The molecule has 0 aliphatic rings. The minimum atomic E-state index is -1.13. The van der Waals surface area contributed by atoms with E-state index >= 15 is 0 Å². The van der Waals surface area contributed by atoms with Gasteiger partial charge in [-0.25, -0.2) is 0 Å². The first-order valence-corrected chi connectivity index (χ1v) is 5.95. The SMILES string of the molecule is COCCN(Cc1cccnc1)C(=O)C(C)C(=O)O. The first-order valence-electron chi connectivity index (χ1n) is 5.95. The highest BCUT2D eigenvalue weighted by atomic mass is 16.5. The van der Waals surface area contributed by atoms with E-state index in [1.54, 1.807) is 18.5 Å². The normalized spacial score (nSPS) is 11.9. The molecule has 0 saturated heterocycles. The molecular weight excluding hydrogens is 248 g/mol. The molecule has 0 radical (unpaired) electrons. The molecule has 1 unspecified atom stereocenters. The molecule has 0 spiro atoms. The summed E-state index contributed by atoms with van der Waals surface area (Å²) >= 11 is 0. The largest absolute Gasteiger partial charge is 0.481 e. The van der Waals surface area contributed by atoms with Gasteiger partial charge in [0.1, 0.15) is 5.92 Å². The van der Waals surface area contributed by atoms with Crippen LogP contribution in [0.2, 0.25) is 0 Å². The van der Waals surface area contributed by atoms with E-state index in [2.05, 4.69) is 4.98 Å². The third kappa shape index (κ3) is 4.67. The Morgan fingerprint density at radius 1 is 1.53 bits per heavy atom. The molecule has 0 aromatic carbocycles. The standard InChI is InChI=1S/C13H18N2O4/c1-10(13(17)18)12(16)15(6-7-19-2)9-11-4-3-5-14-8-11/h3-5,8,10H,6-7,9H2,1-2H3,(H,17,18). The topological polar surface area (TPSA) is 79.7 Å². The van der Waals surface area contributed by atoms with Crippen LogP contribution in [0, 0.1) is 5.92 Å². The summed E-state index contributed by atoms with van der Waals surface area (Å²) in [6.45, 7) is 2.42. The Morgan fingerprint density at radius 2 is 2.26 bits per heavy atom. The van der Waals surface area contributed by atoms with Crippen molar-refractivity contribution in [3.05, 3.63) is 30.1 Å². The molecule has 0 saturated carbocycles. The summed E-state index contributed by atoms with van der Waals surface area (Å²) in [5.74, 6) is -2.61. The fourth-order valence-electron chi connectivity index (χ4n) is 1.56. The van der Waals surface area contributed by atoms with Gasteiger partial charge >= 0.3 is 5.97 Å². The van der Waals surface area contributed by atoms with E-state index in [-0.39, 0.29) is 0 Å². The minimum absolute atomic E-state index is 0.327. The van der Waals surface area contributed by atoms with Crippen molar-refractivity contribution in [3.63, 3.8) is 0 Å². The zero-order valence-corrected chi connectivity index (χ0v) is 11.1. The Balaban J connectivity index is 2.76. The smallest absolute Gasteiger partial charge is 0.315 e. The highest BCUT2D eigenvalue weighted by molar-refractivity contribution is 5.96. The van der Waals surface area contributed by atoms with Crippen molar-refractivity contribution < 1.29 is 19.4 Å². The Bertz CT molecular complexity index is 422. The zero-order valence-electron chi connectivity index (χ0n) is 11.1. The number of hydrogen-bond acceptors (Lipinski definition) is 4. The predicted molar refractivity (Wildman–Crippen MR) is 68.3 cm³/mol. The second-order valence-corrected chi connectivity index (χ2v) is 4.17. The molecule has 1 heterocycles. The van der Waals surface area contributed by atoms with Crippen LogP contribution >= 0.6 is 0 Å². The number of methoxy groups -OCH3 is 1. The summed E-state index contributed by atoms with van der Waals surface area (Å²) in [5, 5.41) is 8.90. The van der Waals surface area contributed by atoms with E-state index in [1.807, 2.05) is 6.07 Å². The van der Waals surface area contributed by atoms with E-state index in [4.69, 9.17) is 9.84 Å². The fraction of sp³-hybridized carbons (Fsp3) is 0.462. The van der Waals surface area contributed by atoms with Gasteiger partial charge in [-0.15, -0.1) is 0 Å². The van der Waals surface area contributed by atoms with Gasteiger partial charge in [0.25, 0.3) is 0 Å². The number of hydrogen-bond donors (Lipinski definition) is 1. The first-order chi connectivity index (χ1) is 9.06. The van der Waals surface area contributed by atoms with Gasteiger partial charge in [0.2, 0.25) is 5.91 Å². The lowest BCUT2D eigenvalue weighted by molar-refractivity contribution is -0.150. The van der Waals surface area contributed by atoms with Crippen LogP contribution in [0.15, 0.2) is 24.5 Å². The first kappa shape index (κ1) is 15.1. The van der Waals surface area contributed by atoms with Crippen LogP contribution in [-0.2, 0) is 20.9 Å². The van der Waals surface area contributed by atoms with E-state index in [0.29, 0.717) is 19.7 Å². The lowest BCUT2D eigenvalue weighted by atomic mass is 10.1. The van der Waals surface area contributed by atoms with Gasteiger partial charge in [0.15, 0.2) is 0 Å². The quantitative estimate of drug-likeness (QED) is 0.738. The average Bonchev–Trinajstić information content (AvgIpc) is 2.42. The molecule has 0 aliphatic heterocycles. The summed E-state index contributed by atoms with van der Waals surface area (Å²) in [6.07, 6.45) is 3.29. The summed E-state index contributed by atoms with van der Waals surface area (Å²) < 4.78 is 4.94. The number of carboxylic acids is 1. The Labute approximate surface area is 112 Å². The molecule has 0 aliphatic carbocycles. The molecule has 0 bridgehead atoms. The van der Waals surface area contributed by atoms with Crippen LogP contribution in [0.25, 0.3) is 0 Å². The van der Waals surface area contributed by atoms with E-state index in [0.717, 1.165) is 5.56 Å². The number of pyridine rings is 1. The molecule has 104 valence electrons. The summed E-state index contributed by atoms with van der Waals surface area (Å²) in [5.41, 5.74) is 0.851. The minimum Gasteiger partial charge on any atom is -0.481 e. The van der Waals surface area contributed by atoms with Crippen molar-refractivity contribution in [2.45, 2.75) is 13.5 Å². The van der Waals surface area contributed by atoms with Crippen LogP contribution in [0.3, 0.4) is 0 Å². The molecule has 1 atom stereocenters. The van der Waals surface area contributed by atoms with Crippen molar-refractivity contribution in [3.8, 4) is 0 Å². The Hall–Kier alpha value is -1.95. The predicted octanol–water partition coefficient (Wildman–Crippen LogP) is 0.777. The molecule has 6 nitrogen and oxygen atoms in total. The molecule has 1 N–H and O–H groups in total. The van der Waals surface area contributed by atoms with E-state index in [1.165, 1.54) is 18.9 Å². The molecule has 0 fully saturated rings. The van der Waals surface area contributed by atoms with Gasteiger partial charge in [-0.3, -0.25) is 14.6 Å². The van der Waals surface area contributed by atoms with E-state index < -0.39 is 17.8 Å². The van der Waals surface area contributed by atoms with E-state index in [9.17, 15) is 9.59 Å². The lowest BCUT2D eigenvalue weighted by Gasteiger charge is -2.24. The van der Waals surface area contributed by atoms with Gasteiger partial charge < -0.3 is 14.7 Å². The lowest BCUT2D eigenvalue weighted by Crippen LogP contribution is -2.39. The van der Waals surface area contributed by atoms with Gasteiger partial charge in [-0.2, -0.15) is 0 Å². The van der Waals surface area contributed by atoms with Crippen molar-refractivity contribution in [2.75, 3.05) is 20.3 Å². The number of nitrogens with zero attached hydrogens (tertiary/aromatic N) is 2. The molecule has 1 aromatic heterocycles. The number of aromatic nitrogens is 1. The highest BCUT2D eigenvalue weighted by Crippen LogP contribution is 2.08. The van der Waals surface area contributed by atoms with Crippen molar-refractivity contribution in [1.82, 2.24) is 9.88 Å². The number of carboxylic acid groups (broad SMARTS) is 1. The number of rotatable bonds is 7. The Kier molecular flexibility index (Phi) is 5.95. The maximum absolute atomic E-state index is 12.1. The number of amides is 1. The maximum atomic E-state index is 12.1. The molecule has 1 amide bonds. The van der Waals surface area contributed by atoms with Crippen LogP contribution in [0.1, 0.15) is 12.5 Å². The van der Waals surface area contributed by atoms with Crippen LogP contribution in [-0.4, -0.2) is 47.1 Å². The number of aliphatic carboxylic acids is 1. The second-order valence-electron chi connectivity index (χ2n) is 4.17. The van der Waals surface area contributed by atoms with Crippen LogP contribution in [0.4, 0.5) is 0 Å². The van der Waals surface area contributed by atoms with Crippen LogP contribution < -0.4 is 0 Å². The molecule has 19 heavy (non-hydrogen) atoms.